The number of carbonyl (C=O) groups excluding carboxylic acids is 3. The average molecular weight is 372 g/mol. The van der Waals surface area contributed by atoms with Crippen LogP contribution >= 0.6 is 34.5 Å². The largest absolute Gasteiger partial charge is 0.318 e. The van der Waals surface area contributed by atoms with E-state index in [2.05, 4.69) is 4.99 Å². The lowest BCUT2D eigenvalue weighted by molar-refractivity contribution is -0.141. The Hall–Kier alpha value is -1.70. The molecular weight excluding hydrogens is 361 g/mol. The molecule has 0 N–H and O–H groups in total. The number of halogens is 2. The van der Waals surface area contributed by atoms with Gasteiger partial charge in [-0.2, -0.15) is 4.99 Å². The first-order valence-electron chi connectivity index (χ1n) is 6.72. The molecule has 2 aromatic rings. The maximum Gasteiger partial charge on any atom is 0.268 e. The van der Waals surface area contributed by atoms with Gasteiger partial charge in [-0.25, -0.2) is 0 Å². The molecule has 0 aliphatic carbocycles. The highest BCUT2D eigenvalue weighted by atomic mass is 35.5. The van der Waals surface area contributed by atoms with Crippen molar-refractivity contribution in [2.45, 2.75) is 12.8 Å². The van der Waals surface area contributed by atoms with E-state index in [9.17, 15) is 14.4 Å². The van der Waals surface area contributed by atoms with E-state index in [1.54, 1.807) is 23.7 Å². The number of fused-ring (bicyclic) bond motifs is 1. The first kappa shape index (κ1) is 16.2. The van der Waals surface area contributed by atoms with E-state index in [4.69, 9.17) is 23.2 Å². The highest BCUT2D eigenvalue weighted by Crippen LogP contribution is 2.29. The number of aromatic nitrogens is 1. The van der Waals surface area contributed by atoms with Gasteiger partial charge in [-0.1, -0.05) is 34.5 Å². The van der Waals surface area contributed by atoms with Crippen LogP contribution in [-0.2, 0) is 21.4 Å². The SMILES string of the molecule is Cn1c(=NC(=O)CN2C(=O)CCC2=O)sc2cc(Cl)cc(Cl)c21. The molecule has 0 bridgehead atoms. The molecule has 1 saturated heterocycles. The highest BCUT2D eigenvalue weighted by molar-refractivity contribution is 7.16. The van der Waals surface area contributed by atoms with Gasteiger partial charge in [0.15, 0.2) is 4.80 Å². The van der Waals surface area contributed by atoms with Gasteiger partial charge in [0.1, 0.15) is 6.54 Å². The molecule has 0 spiro atoms. The monoisotopic (exact) mass is 371 g/mol. The van der Waals surface area contributed by atoms with Crippen LogP contribution in [0.1, 0.15) is 12.8 Å². The van der Waals surface area contributed by atoms with E-state index in [-0.39, 0.29) is 31.2 Å². The standard InChI is InChI=1S/C14H11Cl2N3O3S/c1-18-13-8(16)4-7(15)5-9(13)23-14(18)17-10(20)6-19-11(21)2-3-12(19)22/h4-5H,2-3,6H2,1H3. The van der Waals surface area contributed by atoms with Crippen LogP contribution in [0.5, 0.6) is 0 Å². The molecule has 3 rings (SSSR count). The maximum atomic E-state index is 12.1. The summed E-state index contributed by atoms with van der Waals surface area (Å²) in [4.78, 5) is 40.5. The summed E-state index contributed by atoms with van der Waals surface area (Å²) in [5, 5.41) is 0.959. The summed E-state index contributed by atoms with van der Waals surface area (Å²) in [6.45, 7) is -0.333. The number of aryl methyl sites for hydroxylation is 1. The fraction of sp³-hybridized carbons (Fsp3) is 0.286. The quantitative estimate of drug-likeness (QED) is 0.759. The van der Waals surface area contributed by atoms with Gasteiger partial charge >= 0.3 is 0 Å². The second-order valence-corrected chi connectivity index (χ2v) is 6.91. The molecular formula is C14H11Cl2N3O3S. The van der Waals surface area contributed by atoms with Crippen molar-refractivity contribution in [2.24, 2.45) is 12.0 Å². The number of imide groups is 1. The second kappa shape index (κ2) is 6.07. The van der Waals surface area contributed by atoms with Crippen molar-refractivity contribution >= 4 is 62.5 Å². The number of benzene rings is 1. The van der Waals surface area contributed by atoms with Crippen LogP contribution in [0.25, 0.3) is 10.2 Å². The van der Waals surface area contributed by atoms with E-state index < -0.39 is 5.91 Å². The summed E-state index contributed by atoms with van der Waals surface area (Å²) in [7, 11) is 1.73. The highest BCUT2D eigenvalue weighted by Gasteiger charge is 2.30. The summed E-state index contributed by atoms with van der Waals surface area (Å²) in [5.74, 6) is -1.24. The first-order valence-corrected chi connectivity index (χ1v) is 8.29. The second-order valence-electron chi connectivity index (χ2n) is 5.06. The third kappa shape index (κ3) is 3.04. The molecule has 0 radical (unpaired) electrons. The van der Waals surface area contributed by atoms with Gasteiger partial charge in [-0.05, 0) is 12.1 Å². The number of thiazole rings is 1. The van der Waals surface area contributed by atoms with Crippen LogP contribution in [-0.4, -0.2) is 33.7 Å². The van der Waals surface area contributed by atoms with Gasteiger partial charge in [0.2, 0.25) is 11.8 Å². The Morgan fingerprint density at radius 1 is 1.26 bits per heavy atom. The molecule has 1 aliphatic rings. The van der Waals surface area contributed by atoms with Gasteiger partial charge in [0, 0.05) is 24.9 Å². The maximum absolute atomic E-state index is 12.1. The van der Waals surface area contributed by atoms with Crippen LogP contribution in [0, 0.1) is 0 Å². The van der Waals surface area contributed by atoms with Crippen molar-refractivity contribution in [3.63, 3.8) is 0 Å². The minimum absolute atomic E-state index is 0.150. The van der Waals surface area contributed by atoms with E-state index in [1.807, 2.05) is 0 Å². The number of hydrogen-bond donors (Lipinski definition) is 0. The summed E-state index contributed by atoms with van der Waals surface area (Å²) < 4.78 is 2.48. The summed E-state index contributed by atoms with van der Waals surface area (Å²) in [6, 6.07) is 3.36. The number of hydrogen-bond acceptors (Lipinski definition) is 4. The zero-order valence-corrected chi connectivity index (χ0v) is 14.3. The van der Waals surface area contributed by atoms with Gasteiger partial charge in [0.05, 0.1) is 15.2 Å². The third-order valence-corrected chi connectivity index (χ3v) is 5.07. The van der Waals surface area contributed by atoms with E-state index in [0.29, 0.717) is 14.8 Å². The van der Waals surface area contributed by atoms with Crippen LogP contribution < -0.4 is 4.80 Å². The zero-order valence-electron chi connectivity index (χ0n) is 12.0. The Labute approximate surface area is 144 Å². The molecule has 1 fully saturated rings. The Morgan fingerprint density at radius 2 is 1.91 bits per heavy atom. The molecule has 0 atom stereocenters. The van der Waals surface area contributed by atoms with Crippen LogP contribution in [0.15, 0.2) is 17.1 Å². The topological polar surface area (TPSA) is 71.7 Å². The van der Waals surface area contributed by atoms with Gasteiger partial charge in [-0.3, -0.25) is 19.3 Å². The summed E-state index contributed by atoms with van der Waals surface area (Å²) in [5.41, 5.74) is 0.723. The van der Waals surface area contributed by atoms with Gasteiger partial charge < -0.3 is 4.57 Å². The minimum atomic E-state index is -0.557. The third-order valence-electron chi connectivity index (χ3n) is 3.49. The summed E-state index contributed by atoms with van der Waals surface area (Å²) in [6.07, 6.45) is 0.299. The summed E-state index contributed by atoms with van der Waals surface area (Å²) >= 11 is 13.4. The molecule has 6 nitrogen and oxygen atoms in total. The van der Waals surface area contributed by atoms with Crippen LogP contribution in [0.3, 0.4) is 0 Å². The fourth-order valence-electron chi connectivity index (χ4n) is 2.38. The first-order chi connectivity index (χ1) is 10.9. The number of nitrogens with zero attached hydrogens (tertiary/aromatic N) is 3. The van der Waals surface area contributed by atoms with Crippen molar-refractivity contribution in [3.8, 4) is 0 Å². The number of rotatable bonds is 2. The Kier molecular flexibility index (Phi) is 4.27. The van der Waals surface area contributed by atoms with E-state index in [0.717, 1.165) is 15.1 Å². The lowest BCUT2D eigenvalue weighted by Gasteiger charge is -2.09. The van der Waals surface area contributed by atoms with Crippen LogP contribution in [0.4, 0.5) is 0 Å². The smallest absolute Gasteiger partial charge is 0.268 e. The molecule has 120 valence electrons. The normalized spacial score (nSPS) is 16.0. The molecule has 0 unspecified atom stereocenters. The van der Waals surface area contributed by atoms with Crippen molar-refractivity contribution in [1.29, 1.82) is 0 Å². The lowest BCUT2D eigenvalue weighted by Crippen LogP contribution is -2.34. The minimum Gasteiger partial charge on any atom is -0.318 e. The number of likely N-dealkylation sites (tertiary alicyclic amines) is 1. The lowest BCUT2D eigenvalue weighted by atomic mass is 10.3. The Morgan fingerprint density at radius 3 is 2.57 bits per heavy atom. The molecule has 23 heavy (non-hydrogen) atoms. The number of amides is 3. The number of carbonyl (C=O) groups is 3. The zero-order chi connectivity index (χ0) is 16.7. The van der Waals surface area contributed by atoms with Gasteiger partial charge in [-0.15, -0.1) is 0 Å². The molecule has 1 aromatic carbocycles. The predicted octanol–water partition coefficient (Wildman–Crippen LogP) is 2.12. The van der Waals surface area contributed by atoms with Gasteiger partial charge in [0.25, 0.3) is 5.91 Å². The Balaban J connectivity index is 1.96. The van der Waals surface area contributed by atoms with Crippen molar-refractivity contribution < 1.29 is 14.4 Å². The van der Waals surface area contributed by atoms with Crippen molar-refractivity contribution in [1.82, 2.24) is 9.47 Å². The Bertz CT molecular complexity index is 900. The molecule has 0 saturated carbocycles. The van der Waals surface area contributed by atoms with Crippen molar-refractivity contribution in [2.75, 3.05) is 6.54 Å². The van der Waals surface area contributed by atoms with Crippen molar-refractivity contribution in [3.05, 3.63) is 27.0 Å². The molecule has 2 heterocycles. The van der Waals surface area contributed by atoms with Crippen LogP contribution in [0.2, 0.25) is 10.0 Å². The van der Waals surface area contributed by atoms with E-state index >= 15 is 0 Å². The predicted molar refractivity (Wildman–Crippen MR) is 87.3 cm³/mol. The molecule has 3 amide bonds. The van der Waals surface area contributed by atoms with E-state index in [1.165, 1.54) is 11.3 Å². The average Bonchev–Trinajstić information content (AvgIpc) is 2.93. The molecule has 1 aromatic heterocycles. The molecule has 1 aliphatic heterocycles. The molecule has 9 heteroatoms. The fourth-order valence-corrected chi connectivity index (χ4v) is 4.23.